The van der Waals surface area contributed by atoms with Crippen LogP contribution in [0.2, 0.25) is 0 Å². The molecule has 4 aromatic heterocycles. The van der Waals surface area contributed by atoms with E-state index in [2.05, 4.69) is 31.2 Å². The Balaban J connectivity index is 1.17. The molecule has 0 atom stereocenters. The van der Waals surface area contributed by atoms with Crippen LogP contribution < -0.4 is 15.8 Å². The van der Waals surface area contributed by atoms with Crippen LogP contribution in [0.5, 0.6) is 5.75 Å². The van der Waals surface area contributed by atoms with E-state index in [9.17, 15) is 4.79 Å². The molecule has 6 aromatic rings. The van der Waals surface area contributed by atoms with Crippen molar-refractivity contribution in [2.24, 2.45) is 7.05 Å². The summed E-state index contributed by atoms with van der Waals surface area (Å²) in [4.78, 5) is 27.9. The van der Waals surface area contributed by atoms with Gasteiger partial charge in [-0.2, -0.15) is 5.10 Å². The van der Waals surface area contributed by atoms with Gasteiger partial charge in [-0.25, -0.2) is 14.6 Å². The summed E-state index contributed by atoms with van der Waals surface area (Å²) in [5.41, 5.74) is 11.9. The van der Waals surface area contributed by atoms with Crippen molar-refractivity contribution in [3.8, 4) is 17.0 Å². The number of piperidine rings is 1. The SMILES string of the molecule is COc1cc(-c2nn(C3CCN(Cc4ccc[nH]4)CC3)c3ncnc(N)c23)ccc1NC(=O)c1cc2ccccc2n1C. The van der Waals surface area contributed by atoms with Crippen molar-refractivity contribution < 1.29 is 9.53 Å². The molecule has 7 rings (SSSR count). The Kier molecular flexibility index (Phi) is 6.78. The van der Waals surface area contributed by atoms with Gasteiger partial charge in [0.2, 0.25) is 0 Å². The van der Waals surface area contributed by atoms with Crippen molar-refractivity contribution in [3.63, 3.8) is 0 Å². The summed E-state index contributed by atoms with van der Waals surface area (Å²) in [6, 6.07) is 19.7. The number of hydrogen-bond donors (Lipinski definition) is 3. The summed E-state index contributed by atoms with van der Waals surface area (Å²) in [6.07, 6.45) is 5.35. The summed E-state index contributed by atoms with van der Waals surface area (Å²) in [6.45, 7) is 2.82. The molecule has 0 radical (unpaired) electrons. The zero-order chi connectivity index (χ0) is 29.5. The number of carbonyl (C=O) groups excluding carboxylic acids is 1. The molecule has 0 aliphatic carbocycles. The monoisotopic (exact) mass is 575 g/mol. The number of carbonyl (C=O) groups is 1. The van der Waals surface area contributed by atoms with Crippen LogP contribution in [-0.2, 0) is 13.6 Å². The molecule has 5 heterocycles. The van der Waals surface area contributed by atoms with E-state index in [0.29, 0.717) is 34.0 Å². The molecule has 1 amide bonds. The fraction of sp³-hybridized carbons (Fsp3) is 0.250. The molecule has 43 heavy (non-hydrogen) atoms. The van der Waals surface area contributed by atoms with Gasteiger partial charge in [0, 0.05) is 55.0 Å². The smallest absolute Gasteiger partial charge is 0.272 e. The Morgan fingerprint density at radius 1 is 1.09 bits per heavy atom. The number of methoxy groups -OCH3 is 1. The summed E-state index contributed by atoms with van der Waals surface area (Å²) in [5, 5.41) is 9.79. The van der Waals surface area contributed by atoms with Gasteiger partial charge in [-0.15, -0.1) is 0 Å². The van der Waals surface area contributed by atoms with Gasteiger partial charge in [0.25, 0.3) is 5.91 Å². The maximum absolute atomic E-state index is 13.3. The van der Waals surface area contributed by atoms with E-state index in [1.165, 1.54) is 12.0 Å². The third-order valence-corrected chi connectivity index (χ3v) is 8.38. The van der Waals surface area contributed by atoms with Crippen LogP contribution in [0.25, 0.3) is 33.2 Å². The number of aromatic nitrogens is 6. The van der Waals surface area contributed by atoms with E-state index >= 15 is 0 Å². The number of para-hydroxylation sites is 1. The number of aromatic amines is 1. The molecule has 11 heteroatoms. The number of H-pyrrole nitrogens is 1. The number of aryl methyl sites for hydroxylation is 1. The number of anilines is 2. The number of fused-ring (bicyclic) bond motifs is 2. The number of nitrogens with zero attached hydrogens (tertiary/aromatic N) is 6. The maximum atomic E-state index is 13.3. The van der Waals surface area contributed by atoms with Gasteiger partial charge < -0.3 is 25.3 Å². The standard InChI is InChI=1S/C32H33N9O2/c1-39-25-8-4-3-6-20(25)16-26(39)32(42)37-24-10-9-21(17-27(24)43-2)29-28-30(33)35-19-36-31(28)41(38-29)23-11-14-40(15-12-23)18-22-7-5-13-34-22/h3-10,13,16-17,19,23,34H,11-12,14-15,18H2,1-2H3,(H,37,42)(H2,33,35,36). The first kappa shape index (κ1) is 26.7. The molecule has 0 unspecified atom stereocenters. The first-order chi connectivity index (χ1) is 21.0. The number of ether oxygens (including phenoxy) is 1. The minimum atomic E-state index is -0.222. The van der Waals surface area contributed by atoms with Crippen LogP contribution in [0, 0.1) is 0 Å². The van der Waals surface area contributed by atoms with Gasteiger partial charge in [-0.3, -0.25) is 9.69 Å². The fourth-order valence-electron chi connectivity index (χ4n) is 6.12. The molecule has 11 nitrogen and oxygen atoms in total. The molecular weight excluding hydrogens is 542 g/mol. The first-order valence-corrected chi connectivity index (χ1v) is 14.4. The largest absolute Gasteiger partial charge is 0.495 e. The third-order valence-electron chi connectivity index (χ3n) is 8.38. The van der Waals surface area contributed by atoms with Crippen LogP contribution >= 0.6 is 0 Å². The van der Waals surface area contributed by atoms with Crippen molar-refractivity contribution in [1.29, 1.82) is 0 Å². The lowest BCUT2D eigenvalue weighted by atomic mass is 10.0. The molecule has 1 aliphatic heterocycles. The Morgan fingerprint density at radius 3 is 2.70 bits per heavy atom. The van der Waals surface area contributed by atoms with E-state index in [1.807, 2.05) is 77.1 Å². The molecule has 1 fully saturated rings. The van der Waals surface area contributed by atoms with Crippen molar-refractivity contribution >= 4 is 39.3 Å². The lowest BCUT2D eigenvalue weighted by Crippen LogP contribution is -2.34. The van der Waals surface area contributed by atoms with Gasteiger partial charge in [0.1, 0.15) is 29.3 Å². The van der Waals surface area contributed by atoms with Gasteiger partial charge in [-0.05, 0) is 49.2 Å². The topological polar surface area (TPSA) is 132 Å². The number of rotatable bonds is 7. The van der Waals surface area contributed by atoms with Gasteiger partial charge >= 0.3 is 0 Å². The average molecular weight is 576 g/mol. The van der Waals surface area contributed by atoms with Gasteiger partial charge in [-0.1, -0.05) is 24.3 Å². The highest BCUT2D eigenvalue weighted by molar-refractivity contribution is 6.07. The fourth-order valence-corrected chi connectivity index (χ4v) is 6.12. The van der Waals surface area contributed by atoms with Crippen molar-refractivity contribution in [3.05, 3.63) is 84.6 Å². The third kappa shape index (κ3) is 4.87. The van der Waals surface area contributed by atoms with Crippen molar-refractivity contribution in [2.75, 3.05) is 31.2 Å². The van der Waals surface area contributed by atoms with E-state index in [4.69, 9.17) is 15.6 Å². The number of likely N-dealkylation sites (tertiary alicyclic amines) is 1. The van der Waals surface area contributed by atoms with Crippen LogP contribution in [0.4, 0.5) is 11.5 Å². The van der Waals surface area contributed by atoms with E-state index < -0.39 is 0 Å². The second-order valence-corrected chi connectivity index (χ2v) is 11.0. The Morgan fingerprint density at radius 2 is 1.93 bits per heavy atom. The highest BCUT2D eigenvalue weighted by Crippen LogP contribution is 2.37. The zero-order valence-corrected chi connectivity index (χ0v) is 24.1. The zero-order valence-electron chi connectivity index (χ0n) is 24.1. The second kappa shape index (κ2) is 10.9. The molecule has 1 aliphatic rings. The van der Waals surface area contributed by atoms with Crippen LogP contribution in [-0.4, -0.2) is 60.3 Å². The number of nitrogens with two attached hydrogens (primary N) is 1. The highest BCUT2D eigenvalue weighted by Gasteiger charge is 2.27. The molecule has 2 aromatic carbocycles. The molecule has 0 saturated carbocycles. The molecule has 0 spiro atoms. The van der Waals surface area contributed by atoms with Crippen LogP contribution in [0.3, 0.4) is 0 Å². The number of amides is 1. The van der Waals surface area contributed by atoms with E-state index in [-0.39, 0.29) is 11.9 Å². The van der Waals surface area contributed by atoms with Crippen molar-refractivity contribution in [1.82, 2.24) is 34.2 Å². The lowest BCUT2D eigenvalue weighted by molar-refractivity contribution is 0.101. The predicted octanol–water partition coefficient (Wildman–Crippen LogP) is 4.99. The average Bonchev–Trinajstić information content (AvgIpc) is 3.77. The minimum absolute atomic E-state index is 0.187. The summed E-state index contributed by atoms with van der Waals surface area (Å²) < 4.78 is 9.62. The maximum Gasteiger partial charge on any atom is 0.272 e. The highest BCUT2D eigenvalue weighted by atomic mass is 16.5. The Hall–Kier alpha value is -5.16. The summed E-state index contributed by atoms with van der Waals surface area (Å²) in [7, 11) is 3.47. The lowest BCUT2D eigenvalue weighted by Gasteiger charge is -2.31. The first-order valence-electron chi connectivity index (χ1n) is 14.4. The predicted molar refractivity (Wildman–Crippen MR) is 167 cm³/mol. The molecule has 4 N–H and O–H groups in total. The molecule has 1 saturated heterocycles. The van der Waals surface area contributed by atoms with Crippen LogP contribution in [0.15, 0.2) is 73.2 Å². The number of nitrogen functional groups attached to an aromatic ring is 1. The Labute approximate surface area is 248 Å². The minimum Gasteiger partial charge on any atom is -0.495 e. The number of benzene rings is 2. The van der Waals surface area contributed by atoms with Crippen LogP contribution in [0.1, 0.15) is 35.1 Å². The Bertz CT molecular complexity index is 1930. The van der Waals surface area contributed by atoms with E-state index in [1.54, 1.807) is 7.11 Å². The van der Waals surface area contributed by atoms with Crippen molar-refractivity contribution in [2.45, 2.75) is 25.4 Å². The molecule has 218 valence electrons. The normalized spacial score (nSPS) is 14.5. The van der Waals surface area contributed by atoms with Gasteiger partial charge in [0.05, 0.1) is 24.2 Å². The number of hydrogen-bond acceptors (Lipinski definition) is 7. The quantitative estimate of drug-likeness (QED) is 0.244. The molecule has 0 bridgehead atoms. The second-order valence-electron chi connectivity index (χ2n) is 11.0. The summed E-state index contributed by atoms with van der Waals surface area (Å²) in [5.74, 6) is 0.669. The van der Waals surface area contributed by atoms with Gasteiger partial charge in [0.15, 0.2) is 5.65 Å². The molecular formula is C32H33N9O2. The summed E-state index contributed by atoms with van der Waals surface area (Å²) >= 11 is 0. The van der Waals surface area contributed by atoms with E-state index in [0.717, 1.165) is 54.6 Å². The number of nitrogens with one attached hydrogen (secondary N) is 2.